The molecule has 1 aliphatic heterocycles. The van der Waals surface area contributed by atoms with Gasteiger partial charge in [-0.25, -0.2) is 9.69 Å². The van der Waals surface area contributed by atoms with Crippen LogP contribution in [0.4, 0.5) is 11.4 Å². The van der Waals surface area contributed by atoms with Crippen molar-refractivity contribution in [3.05, 3.63) is 99.2 Å². The van der Waals surface area contributed by atoms with E-state index in [1.807, 2.05) is 32.0 Å². The lowest BCUT2D eigenvalue weighted by molar-refractivity contribution is -0.120. The van der Waals surface area contributed by atoms with E-state index in [1.54, 1.807) is 48.5 Å². The second-order valence-corrected chi connectivity index (χ2v) is 8.24. The van der Waals surface area contributed by atoms with Crippen molar-refractivity contribution in [3.8, 4) is 5.75 Å². The molecule has 0 aromatic heterocycles. The highest BCUT2D eigenvalue weighted by atomic mass is 35.5. The summed E-state index contributed by atoms with van der Waals surface area (Å²) in [6.45, 7) is 3.74. The molecule has 0 saturated heterocycles. The third-order valence-corrected chi connectivity index (χ3v) is 5.71. The number of carbonyl (C=O) groups excluding carboxylic acids is 3. The SMILES string of the molecule is Cc1cccc(C)c1OC(=O)c1ccc(NC2=C(Cl)C(=O)N(c3ccc(Cl)cc3)C2=O)cc1. The van der Waals surface area contributed by atoms with Gasteiger partial charge in [-0.2, -0.15) is 0 Å². The number of rotatable bonds is 5. The molecule has 0 aliphatic carbocycles. The van der Waals surface area contributed by atoms with E-state index in [0.717, 1.165) is 16.0 Å². The van der Waals surface area contributed by atoms with Crippen molar-refractivity contribution in [1.82, 2.24) is 0 Å². The Hall–Kier alpha value is -3.61. The normalized spacial score (nSPS) is 13.5. The zero-order valence-corrected chi connectivity index (χ0v) is 19.2. The number of hydrogen-bond donors (Lipinski definition) is 1. The third-order valence-electron chi connectivity index (χ3n) is 5.11. The molecule has 33 heavy (non-hydrogen) atoms. The first-order valence-corrected chi connectivity index (χ1v) is 10.7. The van der Waals surface area contributed by atoms with Gasteiger partial charge in [0, 0.05) is 10.7 Å². The summed E-state index contributed by atoms with van der Waals surface area (Å²) in [6, 6.07) is 18.2. The largest absolute Gasteiger partial charge is 0.422 e. The Morgan fingerprint density at radius 1 is 0.848 bits per heavy atom. The lowest BCUT2D eigenvalue weighted by Gasteiger charge is -2.15. The molecule has 3 aromatic rings. The van der Waals surface area contributed by atoms with Crippen LogP contribution < -0.4 is 15.0 Å². The van der Waals surface area contributed by atoms with E-state index < -0.39 is 17.8 Å². The molecule has 4 rings (SSSR count). The second kappa shape index (κ2) is 9.10. The average molecular weight is 481 g/mol. The highest BCUT2D eigenvalue weighted by Gasteiger charge is 2.38. The number of anilines is 2. The number of para-hydroxylation sites is 1. The molecule has 3 aromatic carbocycles. The van der Waals surface area contributed by atoms with Gasteiger partial charge in [0.1, 0.15) is 16.5 Å². The summed E-state index contributed by atoms with van der Waals surface area (Å²) in [5.74, 6) is -1.21. The molecule has 0 fully saturated rings. The molecule has 166 valence electrons. The van der Waals surface area contributed by atoms with Gasteiger partial charge in [0.2, 0.25) is 0 Å². The van der Waals surface area contributed by atoms with E-state index in [9.17, 15) is 14.4 Å². The van der Waals surface area contributed by atoms with Crippen molar-refractivity contribution in [1.29, 1.82) is 0 Å². The first kappa shape index (κ1) is 22.6. The first-order chi connectivity index (χ1) is 15.8. The van der Waals surface area contributed by atoms with Crippen LogP contribution in [0.5, 0.6) is 5.75 Å². The van der Waals surface area contributed by atoms with Crippen LogP contribution in [0.1, 0.15) is 21.5 Å². The average Bonchev–Trinajstić information content (AvgIpc) is 3.00. The Balaban J connectivity index is 1.49. The molecule has 0 atom stereocenters. The molecule has 0 radical (unpaired) electrons. The summed E-state index contributed by atoms with van der Waals surface area (Å²) in [7, 11) is 0. The lowest BCUT2D eigenvalue weighted by Crippen LogP contribution is -2.32. The minimum absolute atomic E-state index is 0.0533. The van der Waals surface area contributed by atoms with Crippen LogP contribution in [0.2, 0.25) is 5.02 Å². The summed E-state index contributed by atoms with van der Waals surface area (Å²) in [5, 5.41) is 3.12. The number of imide groups is 1. The van der Waals surface area contributed by atoms with Gasteiger partial charge in [-0.05, 0) is 73.5 Å². The number of benzene rings is 3. The van der Waals surface area contributed by atoms with Crippen molar-refractivity contribution < 1.29 is 19.1 Å². The van der Waals surface area contributed by atoms with Gasteiger partial charge in [-0.15, -0.1) is 0 Å². The maximum absolute atomic E-state index is 12.9. The molecular formula is C25H18Cl2N2O4. The Kier molecular flexibility index (Phi) is 6.22. The second-order valence-electron chi connectivity index (χ2n) is 7.42. The predicted molar refractivity (Wildman–Crippen MR) is 128 cm³/mol. The fourth-order valence-electron chi connectivity index (χ4n) is 3.38. The number of aryl methyl sites for hydroxylation is 2. The van der Waals surface area contributed by atoms with Gasteiger partial charge in [0.25, 0.3) is 11.8 Å². The number of ether oxygens (including phenoxy) is 1. The molecular weight excluding hydrogens is 463 g/mol. The number of carbonyl (C=O) groups is 3. The Bertz CT molecular complexity index is 1280. The van der Waals surface area contributed by atoms with Gasteiger partial charge in [-0.1, -0.05) is 41.4 Å². The quantitative estimate of drug-likeness (QED) is 0.291. The fraction of sp³-hybridized carbons (Fsp3) is 0.0800. The summed E-state index contributed by atoms with van der Waals surface area (Å²) in [4.78, 5) is 38.9. The summed E-state index contributed by atoms with van der Waals surface area (Å²) in [6.07, 6.45) is 0. The van der Waals surface area contributed by atoms with Crippen LogP contribution in [0, 0.1) is 13.8 Å². The molecule has 0 unspecified atom stereocenters. The number of hydrogen-bond acceptors (Lipinski definition) is 5. The van der Waals surface area contributed by atoms with Crippen molar-refractivity contribution in [3.63, 3.8) is 0 Å². The van der Waals surface area contributed by atoms with Crippen LogP contribution in [0.25, 0.3) is 0 Å². The van der Waals surface area contributed by atoms with Gasteiger partial charge < -0.3 is 10.1 Å². The van der Waals surface area contributed by atoms with Crippen molar-refractivity contribution >= 4 is 52.4 Å². The number of esters is 1. The van der Waals surface area contributed by atoms with Crippen LogP contribution in [-0.2, 0) is 9.59 Å². The summed E-state index contributed by atoms with van der Waals surface area (Å²) < 4.78 is 5.55. The minimum Gasteiger partial charge on any atom is -0.422 e. The van der Waals surface area contributed by atoms with Crippen molar-refractivity contribution in [2.45, 2.75) is 13.8 Å². The fourth-order valence-corrected chi connectivity index (χ4v) is 3.72. The maximum Gasteiger partial charge on any atom is 0.343 e. The number of nitrogens with zero attached hydrogens (tertiary/aromatic N) is 1. The van der Waals surface area contributed by atoms with E-state index in [2.05, 4.69) is 5.32 Å². The zero-order chi connectivity index (χ0) is 23.7. The molecule has 6 nitrogen and oxygen atoms in total. The van der Waals surface area contributed by atoms with E-state index >= 15 is 0 Å². The molecule has 0 saturated carbocycles. The van der Waals surface area contributed by atoms with Gasteiger partial charge in [-0.3, -0.25) is 9.59 Å². The van der Waals surface area contributed by atoms with E-state index in [-0.39, 0.29) is 10.7 Å². The molecule has 2 amide bonds. The lowest BCUT2D eigenvalue weighted by atomic mass is 10.1. The van der Waals surface area contributed by atoms with E-state index in [1.165, 1.54) is 0 Å². The monoisotopic (exact) mass is 480 g/mol. The van der Waals surface area contributed by atoms with Gasteiger partial charge in [0.15, 0.2) is 0 Å². The third kappa shape index (κ3) is 4.49. The predicted octanol–water partition coefficient (Wildman–Crippen LogP) is 5.61. The molecule has 1 heterocycles. The Morgan fingerprint density at radius 2 is 1.45 bits per heavy atom. The summed E-state index contributed by atoms with van der Waals surface area (Å²) in [5.41, 5.74) is 2.83. The Labute approximate surface area is 200 Å². The van der Waals surface area contributed by atoms with Crippen molar-refractivity contribution in [2.24, 2.45) is 0 Å². The Morgan fingerprint density at radius 3 is 2.06 bits per heavy atom. The topological polar surface area (TPSA) is 75.7 Å². The van der Waals surface area contributed by atoms with Gasteiger partial charge in [0.05, 0.1) is 11.3 Å². The van der Waals surface area contributed by atoms with Crippen LogP contribution in [-0.4, -0.2) is 17.8 Å². The number of nitrogens with one attached hydrogen (secondary N) is 1. The van der Waals surface area contributed by atoms with Crippen molar-refractivity contribution in [2.75, 3.05) is 10.2 Å². The van der Waals surface area contributed by atoms with E-state index in [0.29, 0.717) is 27.7 Å². The molecule has 0 bridgehead atoms. The number of amides is 2. The molecule has 0 spiro atoms. The number of halogens is 2. The standard InChI is InChI=1S/C25H18Cl2N2O4/c1-14-4-3-5-15(2)22(14)33-25(32)16-6-10-18(11-7-16)28-21-20(27)23(30)29(24(21)31)19-12-8-17(26)9-13-19/h3-13,28H,1-2H3. The first-order valence-electron chi connectivity index (χ1n) is 9.96. The van der Waals surface area contributed by atoms with Crippen LogP contribution >= 0.6 is 23.2 Å². The zero-order valence-electron chi connectivity index (χ0n) is 17.7. The molecule has 1 N–H and O–H groups in total. The molecule has 8 heteroatoms. The molecule has 1 aliphatic rings. The van der Waals surface area contributed by atoms with E-state index in [4.69, 9.17) is 27.9 Å². The smallest absolute Gasteiger partial charge is 0.343 e. The highest BCUT2D eigenvalue weighted by Crippen LogP contribution is 2.31. The van der Waals surface area contributed by atoms with Gasteiger partial charge >= 0.3 is 5.97 Å². The van der Waals surface area contributed by atoms with Crippen LogP contribution in [0.3, 0.4) is 0 Å². The summed E-state index contributed by atoms with van der Waals surface area (Å²) >= 11 is 12.0. The highest BCUT2D eigenvalue weighted by molar-refractivity contribution is 6.53. The van der Waals surface area contributed by atoms with Crippen LogP contribution in [0.15, 0.2) is 77.5 Å². The minimum atomic E-state index is -0.639. The maximum atomic E-state index is 12.9.